The molecule has 0 aliphatic carbocycles. The van der Waals surface area contributed by atoms with Crippen LogP contribution >= 0.6 is 0 Å². The average molecular weight is 341 g/mol. The molecule has 2 heterocycles. The lowest BCUT2D eigenvalue weighted by atomic mass is 10.3. The molecule has 0 aliphatic heterocycles. The molecule has 0 saturated carbocycles. The van der Waals surface area contributed by atoms with E-state index in [9.17, 15) is 9.59 Å². The average Bonchev–Trinajstić information content (AvgIpc) is 3.10. The number of nitrogens with zero attached hydrogens (tertiary/aromatic N) is 3. The SMILES string of the molecule is C[C@@H](OC(=O)COc1ccccc1)C(=O)Nc1ncnc2nc[nH]c12. The second-order valence-electron chi connectivity index (χ2n) is 5.05. The monoisotopic (exact) mass is 341 g/mol. The zero-order valence-electron chi connectivity index (χ0n) is 13.3. The zero-order valence-corrected chi connectivity index (χ0v) is 13.3. The van der Waals surface area contributed by atoms with Gasteiger partial charge in [0.15, 0.2) is 24.2 Å². The van der Waals surface area contributed by atoms with Gasteiger partial charge < -0.3 is 19.8 Å². The Kier molecular flexibility index (Phi) is 4.84. The molecule has 1 amide bonds. The van der Waals surface area contributed by atoms with E-state index in [1.165, 1.54) is 19.6 Å². The van der Waals surface area contributed by atoms with Crippen molar-refractivity contribution in [3.63, 3.8) is 0 Å². The summed E-state index contributed by atoms with van der Waals surface area (Å²) in [4.78, 5) is 38.7. The lowest BCUT2D eigenvalue weighted by Gasteiger charge is -2.13. The highest BCUT2D eigenvalue weighted by Crippen LogP contribution is 2.15. The second-order valence-corrected chi connectivity index (χ2v) is 5.05. The molecule has 0 bridgehead atoms. The van der Waals surface area contributed by atoms with Crippen molar-refractivity contribution in [1.82, 2.24) is 19.9 Å². The predicted molar refractivity (Wildman–Crippen MR) is 87.8 cm³/mol. The molecule has 9 nitrogen and oxygen atoms in total. The van der Waals surface area contributed by atoms with Gasteiger partial charge in [-0.1, -0.05) is 18.2 Å². The minimum atomic E-state index is -1.01. The topological polar surface area (TPSA) is 119 Å². The van der Waals surface area contributed by atoms with Crippen molar-refractivity contribution in [3.8, 4) is 5.75 Å². The fourth-order valence-corrected chi connectivity index (χ4v) is 2.02. The van der Waals surface area contributed by atoms with Gasteiger partial charge in [0.25, 0.3) is 5.91 Å². The number of nitrogens with one attached hydrogen (secondary N) is 2. The van der Waals surface area contributed by atoms with E-state index < -0.39 is 18.0 Å². The molecule has 0 saturated heterocycles. The van der Waals surface area contributed by atoms with Gasteiger partial charge in [0.2, 0.25) is 0 Å². The molecule has 128 valence electrons. The van der Waals surface area contributed by atoms with Crippen molar-refractivity contribution in [1.29, 1.82) is 0 Å². The van der Waals surface area contributed by atoms with Crippen LogP contribution in [-0.2, 0) is 14.3 Å². The van der Waals surface area contributed by atoms with Gasteiger partial charge in [-0.05, 0) is 19.1 Å². The van der Waals surface area contributed by atoms with Crippen molar-refractivity contribution in [3.05, 3.63) is 43.0 Å². The first-order chi connectivity index (χ1) is 12.1. The minimum absolute atomic E-state index is 0.260. The summed E-state index contributed by atoms with van der Waals surface area (Å²) in [6.07, 6.45) is 1.71. The third-order valence-corrected chi connectivity index (χ3v) is 3.24. The third kappa shape index (κ3) is 4.08. The number of anilines is 1. The molecule has 3 rings (SSSR count). The number of esters is 1. The molecule has 25 heavy (non-hydrogen) atoms. The van der Waals surface area contributed by atoms with Gasteiger partial charge in [0.1, 0.15) is 17.6 Å². The van der Waals surface area contributed by atoms with Crippen molar-refractivity contribution in [2.75, 3.05) is 11.9 Å². The highest BCUT2D eigenvalue weighted by molar-refractivity contribution is 5.99. The molecule has 1 aromatic carbocycles. The summed E-state index contributed by atoms with van der Waals surface area (Å²) in [7, 11) is 0. The van der Waals surface area contributed by atoms with Gasteiger partial charge in [-0.25, -0.2) is 19.7 Å². The first kappa shape index (κ1) is 16.4. The summed E-state index contributed by atoms with van der Waals surface area (Å²) in [5.41, 5.74) is 0.910. The van der Waals surface area contributed by atoms with Gasteiger partial charge in [-0.3, -0.25) is 4.79 Å². The number of amides is 1. The Bertz CT molecular complexity index is 880. The number of rotatable bonds is 6. The van der Waals surface area contributed by atoms with Crippen LogP contribution in [0.15, 0.2) is 43.0 Å². The maximum absolute atomic E-state index is 12.2. The van der Waals surface area contributed by atoms with E-state index in [2.05, 4.69) is 25.3 Å². The molecule has 0 aliphatic rings. The molecule has 3 aromatic rings. The van der Waals surface area contributed by atoms with Crippen LogP contribution in [0, 0.1) is 0 Å². The quantitative estimate of drug-likeness (QED) is 0.649. The Labute approximate surface area is 142 Å². The first-order valence-electron chi connectivity index (χ1n) is 7.46. The lowest BCUT2D eigenvalue weighted by molar-refractivity contribution is -0.155. The van der Waals surface area contributed by atoms with Gasteiger partial charge in [0.05, 0.1) is 6.33 Å². The van der Waals surface area contributed by atoms with Crippen LogP contribution in [-0.4, -0.2) is 44.5 Å². The van der Waals surface area contributed by atoms with E-state index in [-0.39, 0.29) is 12.4 Å². The number of carbonyl (C=O) groups excluding carboxylic acids is 2. The van der Waals surface area contributed by atoms with E-state index in [0.717, 1.165) is 0 Å². The number of imidazole rings is 1. The molecule has 0 radical (unpaired) electrons. The Morgan fingerprint density at radius 2 is 2.00 bits per heavy atom. The van der Waals surface area contributed by atoms with Crippen LogP contribution in [0.1, 0.15) is 6.92 Å². The van der Waals surface area contributed by atoms with Gasteiger partial charge in [-0.15, -0.1) is 0 Å². The lowest BCUT2D eigenvalue weighted by Crippen LogP contribution is -2.32. The Balaban J connectivity index is 1.53. The van der Waals surface area contributed by atoms with Crippen molar-refractivity contribution in [2.24, 2.45) is 0 Å². The molecule has 2 N–H and O–H groups in total. The highest BCUT2D eigenvalue weighted by Gasteiger charge is 2.20. The van der Waals surface area contributed by atoms with E-state index in [1.807, 2.05) is 6.07 Å². The molecule has 0 spiro atoms. The summed E-state index contributed by atoms with van der Waals surface area (Å²) in [6, 6.07) is 8.84. The molecule has 0 unspecified atom stereocenters. The summed E-state index contributed by atoms with van der Waals surface area (Å²) in [5.74, 6) is -0.376. The molecular weight excluding hydrogens is 326 g/mol. The Morgan fingerprint density at radius 3 is 2.80 bits per heavy atom. The largest absolute Gasteiger partial charge is 0.482 e. The van der Waals surface area contributed by atoms with Crippen LogP contribution in [0.25, 0.3) is 11.2 Å². The van der Waals surface area contributed by atoms with Crippen LogP contribution in [0.3, 0.4) is 0 Å². The fraction of sp³-hybridized carbons (Fsp3) is 0.188. The number of ether oxygens (including phenoxy) is 2. The summed E-state index contributed by atoms with van der Waals surface area (Å²) in [5, 5.41) is 2.57. The molecule has 0 fully saturated rings. The predicted octanol–water partition coefficient (Wildman–Crippen LogP) is 1.30. The number of hydrogen-bond acceptors (Lipinski definition) is 7. The van der Waals surface area contributed by atoms with E-state index in [4.69, 9.17) is 9.47 Å². The standard InChI is InChI=1S/C16H15N5O4/c1-10(25-12(22)7-24-11-5-3-2-4-6-11)16(23)21-15-13-14(18-8-17-13)19-9-20-15/h2-6,8-10H,7H2,1H3,(H2,17,18,19,20,21,23)/t10-/m1/s1. The van der Waals surface area contributed by atoms with E-state index in [1.54, 1.807) is 24.3 Å². The first-order valence-corrected chi connectivity index (χ1v) is 7.46. The van der Waals surface area contributed by atoms with Crippen LogP contribution in [0.5, 0.6) is 5.75 Å². The number of para-hydroxylation sites is 1. The Morgan fingerprint density at radius 1 is 1.20 bits per heavy atom. The van der Waals surface area contributed by atoms with Crippen molar-refractivity contribution in [2.45, 2.75) is 13.0 Å². The van der Waals surface area contributed by atoms with E-state index in [0.29, 0.717) is 16.9 Å². The molecule has 9 heteroatoms. The number of aromatic amines is 1. The van der Waals surface area contributed by atoms with Crippen molar-refractivity contribution < 1.29 is 19.1 Å². The van der Waals surface area contributed by atoms with Crippen LogP contribution < -0.4 is 10.1 Å². The minimum Gasteiger partial charge on any atom is -0.482 e. The molecular formula is C16H15N5O4. The fourth-order valence-electron chi connectivity index (χ4n) is 2.02. The smallest absolute Gasteiger partial charge is 0.344 e. The van der Waals surface area contributed by atoms with Crippen LogP contribution in [0.2, 0.25) is 0 Å². The maximum atomic E-state index is 12.2. The van der Waals surface area contributed by atoms with Crippen molar-refractivity contribution >= 4 is 28.9 Å². The normalized spacial score (nSPS) is 11.7. The zero-order chi connectivity index (χ0) is 17.6. The summed E-state index contributed by atoms with van der Waals surface area (Å²) in [6.45, 7) is 1.17. The van der Waals surface area contributed by atoms with E-state index >= 15 is 0 Å². The second kappa shape index (κ2) is 7.39. The Hall–Kier alpha value is -3.49. The molecule has 2 aromatic heterocycles. The number of H-pyrrole nitrogens is 1. The summed E-state index contributed by atoms with van der Waals surface area (Å²) < 4.78 is 10.3. The number of hydrogen-bond donors (Lipinski definition) is 2. The maximum Gasteiger partial charge on any atom is 0.344 e. The van der Waals surface area contributed by atoms with Crippen LogP contribution in [0.4, 0.5) is 5.82 Å². The molecule has 1 atom stereocenters. The van der Waals surface area contributed by atoms with Gasteiger partial charge >= 0.3 is 5.97 Å². The van der Waals surface area contributed by atoms with Gasteiger partial charge in [0, 0.05) is 0 Å². The number of fused-ring (bicyclic) bond motifs is 1. The highest BCUT2D eigenvalue weighted by atomic mass is 16.6. The number of aromatic nitrogens is 4. The number of benzene rings is 1. The van der Waals surface area contributed by atoms with Gasteiger partial charge in [-0.2, -0.15) is 0 Å². The number of carbonyl (C=O) groups is 2. The third-order valence-electron chi connectivity index (χ3n) is 3.24. The summed E-state index contributed by atoms with van der Waals surface area (Å²) >= 11 is 0.